The zero-order valence-electron chi connectivity index (χ0n) is 9.27. The van der Waals surface area contributed by atoms with Crippen molar-refractivity contribution >= 4 is 11.3 Å². The Morgan fingerprint density at radius 1 is 1.31 bits per heavy atom. The number of nitrogens with one attached hydrogen (secondary N) is 1. The van der Waals surface area contributed by atoms with E-state index in [-0.39, 0.29) is 6.04 Å². The molecule has 0 aliphatic rings. The molecule has 0 fully saturated rings. The maximum absolute atomic E-state index is 5.57. The Balaban J connectivity index is 2.32. The topological polar surface area (TPSA) is 63.8 Å². The van der Waals surface area contributed by atoms with Gasteiger partial charge in [-0.25, -0.2) is 5.43 Å². The van der Waals surface area contributed by atoms with Crippen molar-refractivity contribution in [1.29, 1.82) is 0 Å². The average Bonchev–Trinajstić information content (AvgIpc) is 2.69. The van der Waals surface area contributed by atoms with E-state index in [9.17, 15) is 0 Å². The molecule has 0 aromatic carbocycles. The summed E-state index contributed by atoms with van der Waals surface area (Å²) in [5, 5.41) is 2.08. The number of aromatic nitrogens is 2. The van der Waals surface area contributed by atoms with E-state index in [4.69, 9.17) is 5.84 Å². The first-order valence-corrected chi connectivity index (χ1v) is 5.88. The third-order valence-corrected chi connectivity index (χ3v) is 3.23. The fourth-order valence-corrected chi connectivity index (χ4v) is 2.25. The van der Waals surface area contributed by atoms with E-state index in [1.165, 1.54) is 4.88 Å². The molecule has 0 radical (unpaired) electrons. The lowest BCUT2D eigenvalue weighted by Crippen LogP contribution is -2.29. The van der Waals surface area contributed by atoms with E-state index < -0.39 is 0 Å². The summed E-state index contributed by atoms with van der Waals surface area (Å²) in [5.74, 6) is 5.57. The monoisotopic (exact) mass is 234 g/mol. The molecular weight excluding hydrogens is 220 g/mol. The number of hydrogen-bond donors (Lipinski definition) is 2. The molecule has 2 aromatic heterocycles. The van der Waals surface area contributed by atoms with Crippen molar-refractivity contribution < 1.29 is 0 Å². The van der Waals surface area contributed by atoms with Gasteiger partial charge in [0.15, 0.2) is 0 Å². The lowest BCUT2D eigenvalue weighted by Gasteiger charge is -2.13. The van der Waals surface area contributed by atoms with Crippen LogP contribution in [-0.2, 0) is 0 Å². The molecule has 84 valence electrons. The van der Waals surface area contributed by atoms with Crippen LogP contribution in [0.15, 0.2) is 23.8 Å². The van der Waals surface area contributed by atoms with Crippen molar-refractivity contribution in [3.05, 3.63) is 45.7 Å². The maximum Gasteiger partial charge on any atom is 0.0905 e. The number of hydrazine groups is 1. The lowest BCUT2D eigenvalue weighted by molar-refractivity contribution is 0.618. The average molecular weight is 234 g/mol. The van der Waals surface area contributed by atoms with Crippen LogP contribution in [0.4, 0.5) is 0 Å². The van der Waals surface area contributed by atoms with Crippen LogP contribution >= 0.6 is 11.3 Å². The molecule has 2 aromatic rings. The van der Waals surface area contributed by atoms with E-state index in [0.29, 0.717) is 0 Å². The molecule has 0 aliphatic heterocycles. The largest absolute Gasteiger partial charge is 0.271 e. The minimum absolute atomic E-state index is 0.0851. The maximum atomic E-state index is 5.57. The van der Waals surface area contributed by atoms with E-state index in [2.05, 4.69) is 33.8 Å². The Bertz CT molecular complexity index is 463. The van der Waals surface area contributed by atoms with Gasteiger partial charge in [-0.3, -0.25) is 15.8 Å². The second kappa shape index (κ2) is 4.69. The summed E-state index contributed by atoms with van der Waals surface area (Å²) in [6.07, 6.45) is 3.51. The number of aryl methyl sites for hydroxylation is 2. The van der Waals surface area contributed by atoms with Crippen LogP contribution in [-0.4, -0.2) is 9.97 Å². The number of rotatable bonds is 3. The van der Waals surface area contributed by atoms with Gasteiger partial charge in [0.25, 0.3) is 0 Å². The van der Waals surface area contributed by atoms with E-state index in [1.807, 2.05) is 6.92 Å². The molecule has 16 heavy (non-hydrogen) atoms. The summed E-state index contributed by atoms with van der Waals surface area (Å²) in [7, 11) is 0. The summed E-state index contributed by atoms with van der Waals surface area (Å²) < 4.78 is 0. The Morgan fingerprint density at radius 3 is 2.62 bits per heavy atom. The van der Waals surface area contributed by atoms with Gasteiger partial charge in [-0.2, -0.15) is 0 Å². The zero-order valence-corrected chi connectivity index (χ0v) is 10.1. The fraction of sp³-hybridized carbons (Fsp3) is 0.273. The van der Waals surface area contributed by atoms with Crippen LogP contribution in [0.1, 0.15) is 27.9 Å². The summed E-state index contributed by atoms with van der Waals surface area (Å²) in [6.45, 7) is 3.99. The van der Waals surface area contributed by atoms with Crippen molar-refractivity contribution in [2.24, 2.45) is 5.84 Å². The van der Waals surface area contributed by atoms with Gasteiger partial charge in [-0.1, -0.05) is 0 Å². The van der Waals surface area contributed by atoms with Gasteiger partial charge in [-0.15, -0.1) is 11.3 Å². The zero-order chi connectivity index (χ0) is 11.5. The van der Waals surface area contributed by atoms with E-state index in [1.54, 1.807) is 23.7 Å². The number of nitrogens with two attached hydrogens (primary N) is 1. The van der Waals surface area contributed by atoms with Crippen LogP contribution in [0.2, 0.25) is 0 Å². The van der Waals surface area contributed by atoms with Gasteiger partial charge in [0.1, 0.15) is 0 Å². The van der Waals surface area contributed by atoms with Crippen molar-refractivity contribution in [1.82, 2.24) is 15.4 Å². The van der Waals surface area contributed by atoms with Gasteiger partial charge in [0.2, 0.25) is 0 Å². The van der Waals surface area contributed by atoms with Crippen LogP contribution in [0.25, 0.3) is 0 Å². The van der Waals surface area contributed by atoms with Crippen molar-refractivity contribution in [3.63, 3.8) is 0 Å². The molecule has 2 rings (SSSR count). The van der Waals surface area contributed by atoms with Crippen molar-refractivity contribution in [2.75, 3.05) is 0 Å². The molecule has 0 saturated heterocycles. The minimum Gasteiger partial charge on any atom is -0.271 e. The number of thiophene rings is 1. The molecule has 0 amide bonds. The summed E-state index contributed by atoms with van der Waals surface area (Å²) in [6, 6.07) is 2.02. The SMILES string of the molecule is Cc1cnc(C(NN)c2csc(C)c2)cn1. The third-order valence-electron chi connectivity index (χ3n) is 2.35. The Morgan fingerprint density at radius 2 is 2.12 bits per heavy atom. The normalized spacial score (nSPS) is 12.7. The summed E-state index contributed by atoms with van der Waals surface area (Å²) >= 11 is 1.70. The molecule has 4 nitrogen and oxygen atoms in total. The number of nitrogens with zero attached hydrogens (tertiary/aromatic N) is 2. The molecule has 1 atom stereocenters. The molecule has 5 heteroatoms. The quantitative estimate of drug-likeness (QED) is 0.627. The second-order valence-electron chi connectivity index (χ2n) is 3.67. The molecular formula is C11H14N4S. The van der Waals surface area contributed by atoms with E-state index >= 15 is 0 Å². The van der Waals surface area contributed by atoms with Crippen LogP contribution in [0, 0.1) is 13.8 Å². The van der Waals surface area contributed by atoms with Gasteiger partial charge in [0, 0.05) is 11.1 Å². The van der Waals surface area contributed by atoms with Crippen LogP contribution in [0.5, 0.6) is 0 Å². The molecule has 1 unspecified atom stereocenters. The Hall–Kier alpha value is -1.30. The summed E-state index contributed by atoms with van der Waals surface area (Å²) in [4.78, 5) is 9.82. The Kier molecular flexibility index (Phi) is 3.28. The highest BCUT2D eigenvalue weighted by atomic mass is 32.1. The van der Waals surface area contributed by atoms with Gasteiger partial charge >= 0.3 is 0 Å². The molecule has 3 N–H and O–H groups in total. The van der Waals surface area contributed by atoms with Crippen molar-refractivity contribution in [2.45, 2.75) is 19.9 Å². The molecule has 0 saturated carbocycles. The molecule has 0 bridgehead atoms. The predicted molar refractivity (Wildman–Crippen MR) is 65.0 cm³/mol. The summed E-state index contributed by atoms with van der Waals surface area (Å²) in [5.41, 5.74) is 5.64. The van der Waals surface area contributed by atoms with Crippen LogP contribution in [0.3, 0.4) is 0 Å². The molecule has 0 aliphatic carbocycles. The fourth-order valence-electron chi connectivity index (χ4n) is 1.52. The second-order valence-corrected chi connectivity index (χ2v) is 4.79. The first-order valence-electron chi connectivity index (χ1n) is 5.00. The minimum atomic E-state index is -0.0851. The Labute approximate surface area is 98.5 Å². The van der Waals surface area contributed by atoms with Crippen molar-refractivity contribution in [3.8, 4) is 0 Å². The van der Waals surface area contributed by atoms with Gasteiger partial charge < -0.3 is 0 Å². The van der Waals surface area contributed by atoms with Gasteiger partial charge in [-0.05, 0) is 30.9 Å². The van der Waals surface area contributed by atoms with Crippen LogP contribution < -0.4 is 11.3 Å². The number of hydrogen-bond acceptors (Lipinski definition) is 5. The molecule has 2 heterocycles. The van der Waals surface area contributed by atoms with E-state index in [0.717, 1.165) is 17.0 Å². The first-order chi connectivity index (χ1) is 7.70. The molecule has 0 spiro atoms. The highest BCUT2D eigenvalue weighted by Crippen LogP contribution is 2.23. The lowest BCUT2D eigenvalue weighted by atomic mass is 10.1. The van der Waals surface area contributed by atoms with Gasteiger partial charge in [0.05, 0.1) is 23.6 Å². The standard InChI is InChI=1S/C11H14N4S/c1-7-4-14-10(5-13-7)11(15-12)9-3-8(2)16-6-9/h3-6,11,15H,12H2,1-2H3. The predicted octanol–water partition coefficient (Wildman–Crippen LogP) is 1.71. The highest BCUT2D eigenvalue weighted by Gasteiger charge is 2.15. The highest BCUT2D eigenvalue weighted by molar-refractivity contribution is 7.10. The smallest absolute Gasteiger partial charge is 0.0905 e. The first kappa shape index (κ1) is 11.2. The third kappa shape index (κ3) is 2.27.